The van der Waals surface area contributed by atoms with Gasteiger partial charge in [0.2, 0.25) is 0 Å². The molecule has 0 radical (unpaired) electrons. The molecule has 1 amide bonds. The molecule has 6 nitrogen and oxygen atoms in total. The largest absolute Gasteiger partial charge is 0.490 e. The van der Waals surface area contributed by atoms with Crippen LogP contribution in [0, 0.1) is 0 Å². The lowest BCUT2D eigenvalue weighted by Crippen LogP contribution is -2.49. The molecule has 10 heteroatoms. The Morgan fingerprint density at radius 2 is 2.00 bits per heavy atom. The number of halogens is 4. The molecule has 150 valence electrons. The molecule has 4 N–H and O–H groups in total. The van der Waals surface area contributed by atoms with Crippen molar-refractivity contribution in [2.45, 2.75) is 32.0 Å². The third-order valence-electron chi connectivity index (χ3n) is 3.49. The van der Waals surface area contributed by atoms with Gasteiger partial charge in [-0.1, -0.05) is 0 Å². The predicted octanol–water partition coefficient (Wildman–Crippen LogP) is 2.58. The lowest BCUT2D eigenvalue weighted by Gasteiger charge is -2.32. The van der Waals surface area contributed by atoms with E-state index in [2.05, 4.69) is 5.32 Å². The summed E-state index contributed by atoms with van der Waals surface area (Å²) in [6.45, 7) is 4.18. The number of fused-ring (bicyclic) bond motifs is 1. The van der Waals surface area contributed by atoms with Gasteiger partial charge in [0.1, 0.15) is 12.4 Å². The van der Waals surface area contributed by atoms with Gasteiger partial charge in [0.15, 0.2) is 0 Å². The van der Waals surface area contributed by atoms with Crippen LogP contribution in [0.2, 0.25) is 0 Å². The number of carboxylic acids is 1. The first-order valence-electron chi connectivity index (χ1n) is 7.76. The maximum Gasteiger partial charge on any atom is 0.490 e. The summed E-state index contributed by atoms with van der Waals surface area (Å²) < 4.78 is 49.6. The maximum atomic E-state index is 12.4. The molecule has 0 saturated carbocycles. The minimum Gasteiger partial charge on any atom is -0.489 e. The number of nitrogens with two attached hydrogens (primary N) is 1. The van der Waals surface area contributed by atoms with Crippen LogP contribution in [-0.4, -0.2) is 41.8 Å². The molecule has 0 fully saturated rings. The molecule has 0 saturated heterocycles. The van der Waals surface area contributed by atoms with Crippen molar-refractivity contribution in [1.82, 2.24) is 5.32 Å². The summed E-state index contributed by atoms with van der Waals surface area (Å²) in [6, 6.07) is 5.28. The first-order valence-corrected chi connectivity index (χ1v) is 7.76. The van der Waals surface area contributed by atoms with Crippen molar-refractivity contribution < 1.29 is 37.0 Å². The number of nitrogens with one attached hydrogen (secondary N) is 1. The van der Waals surface area contributed by atoms with E-state index in [1.807, 2.05) is 19.9 Å². The quantitative estimate of drug-likeness (QED) is 0.684. The number of aliphatic carboxylic acids is 1. The van der Waals surface area contributed by atoms with E-state index in [4.69, 9.17) is 20.4 Å². The van der Waals surface area contributed by atoms with Crippen LogP contribution < -0.4 is 15.8 Å². The summed E-state index contributed by atoms with van der Waals surface area (Å²) in [4.78, 5) is 20.8. The Bertz CT molecular complexity index is 730. The highest BCUT2D eigenvalue weighted by Gasteiger charge is 2.38. The Morgan fingerprint density at radius 3 is 2.48 bits per heavy atom. The van der Waals surface area contributed by atoms with E-state index in [9.17, 15) is 22.4 Å². The molecule has 0 aliphatic carbocycles. The highest BCUT2D eigenvalue weighted by molar-refractivity contribution is 5.97. The molecule has 0 unspecified atom stereocenters. The molecule has 27 heavy (non-hydrogen) atoms. The number of hydrogen-bond acceptors (Lipinski definition) is 4. The maximum absolute atomic E-state index is 12.4. The molecular weight excluding hydrogens is 372 g/mol. The predicted molar refractivity (Wildman–Crippen MR) is 89.1 cm³/mol. The van der Waals surface area contributed by atoms with Gasteiger partial charge < -0.3 is 20.9 Å². The van der Waals surface area contributed by atoms with E-state index in [-0.39, 0.29) is 24.6 Å². The van der Waals surface area contributed by atoms with E-state index in [1.165, 1.54) is 0 Å². The molecule has 1 heterocycles. The second-order valence-electron chi connectivity index (χ2n) is 6.40. The molecule has 0 spiro atoms. The molecule has 1 aromatic rings. The summed E-state index contributed by atoms with van der Waals surface area (Å²) in [7, 11) is 0. The van der Waals surface area contributed by atoms with Crippen molar-refractivity contribution in [1.29, 1.82) is 0 Å². The minimum absolute atomic E-state index is 0.0749. The Morgan fingerprint density at radius 1 is 1.41 bits per heavy atom. The first kappa shape index (κ1) is 22.4. The van der Waals surface area contributed by atoms with Crippen LogP contribution in [0.15, 0.2) is 30.1 Å². The molecule has 2 rings (SSSR count). The second-order valence-corrected chi connectivity index (χ2v) is 6.40. The van der Waals surface area contributed by atoms with Crippen LogP contribution >= 0.6 is 0 Å². The van der Waals surface area contributed by atoms with Crippen LogP contribution in [-0.2, 0) is 11.2 Å². The van der Waals surface area contributed by atoms with Crippen LogP contribution in [0.1, 0.15) is 29.8 Å². The Hall–Kier alpha value is -2.62. The minimum atomic E-state index is -5.08. The van der Waals surface area contributed by atoms with Gasteiger partial charge in [0, 0.05) is 23.2 Å². The van der Waals surface area contributed by atoms with Crippen LogP contribution in [0.4, 0.5) is 17.6 Å². The Balaban J connectivity index is 0.000000445. The Kier molecular flexibility index (Phi) is 7.35. The van der Waals surface area contributed by atoms with E-state index in [0.29, 0.717) is 23.2 Å². The number of carbonyl (C=O) groups is 2. The first-order chi connectivity index (χ1) is 12.4. The van der Waals surface area contributed by atoms with Gasteiger partial charge in [0.05, 0.1) is 6.33 Å². The van der Waals surface area contributed by atoms with Crippen molar-refractivity contribution in [3.05, 3.63) is 41.2 Å². The molecule has 0 aromatic heterocycles. The van der Waals surface area contributed by atoms with E-state index in [0.717, 1.165) is 12.0 Å². The standard InChI is InChI=1S/C15H19FN2O2.C2HF3O2/c1-15(2)6-11-5-12(20-9-10(7-16)8-17)3-4-13(11)14(19)18-15;3-2(4,5)1(6)7/h3-5,7H,6,8-9,17H2,1-2H3,(H,18,19);(H,6,7). The fourth-order valence-electron chi connectivity index (χ4n) is 2.23. The number of hydrogen-bond donors (Lipinski definition) is 3. The number of rotatable bonds is 4. The van der Waals surface area contributed by atoms with Crippen molar-refractivity contribution >= 4 is 11.9 Å². The van der Waals surface area contributed by atoms with Gasteiger partial charge in [-0.15, -0.1) is 0 Å². The summed E-state index contributed by atoms with van der Waals surface area (Å²) in [5.74, 6) is -2.22. The summed E-state index contributed by atoms with van der Waals surface area (Å²) in [5, 5.41) is 10.1. The number of amides is 1. The number of carbonyl (C=O) groups excluding carboxylic acids is 1. The van der Waals surface area contributed by atoms with Crippen LogP contribution in [0.25, 0.3) is 0 Å². The zero-order chi connectivity index (χ0) is 20.8. The van der Waals surface area contributed by atoms with Crippen molar-refractivity contribution in [3.63, 3.8) is 0 Å². The topological polar surface area (TPSA) is 102 Å². The highest BCUT2D eigenvalue weighted by atomic mass is 19.4. The summed E-state index contributed by atoms with van der Waals surface area (Å²) >= 11 is 0. The number of ether oxygens (including phenoxy) is 1. The molecule has 1 aliphatic rings. The van der Waals surface area contributed by atoms with Gasteiger partial charge in [-0.05, 0) is 44.0 Å². The fraction of sp³-hybridized carbons (Fsp3) is 0.412. The fourth-order valence-corrected chi connectivity index (χ4v) is 2.23. The molecule has 0 bridgehead atoms. The second kappa shape index (κ2) is 8.85. The van der Waals surface area contributed by atoms with Crippen molar-refractivity contribution in [2.24, 2.45) is 5.73 Å². The third-order valence-corrected chi connectivity index (χ3v) is 3.49. The van der Waals surface area contributed by atoms with Crippen LogP contribution in [0.5, 0.6) is 5.75 Å². The van der Waals surface area contributed by atoms with Gasteiger partial charge in [0.25, 0.3) is 5.91 Å². The van der Waals surface area contributed by atoms with Crippen molar-refractivity contribution in [2.75, 3.05) is 13.2 Å². The zero-order valence-electron chi connectivity index (χ0n) is 14.7. The summed E-state index contributed by atoms with van der Waals surface area (Å²) in [6.07, 6.45) is -3.89. The van der Waals surface area contributed by atoms with Crippen molar-refractivity contribution in [3.8, 4) is 5.75 Å². The van der Waals surface area contributed by atoms with Gasteiger partial charge in [-0.3, -0.25) is 4.79 Å². The number of benzene rings is 1. The van der Waals surface area contributed by atoms with Gasteiger partial charge in [-0.25, -0.2) is 9.18 Å². The SMILES string of the molecule is CC1(C)Cc2cc(OCC(=CF)CN)ccc2C(=O)N1.O=C(O)C(F)(F)F. The average Bonchev–Trinajstić information content (AvgIpc) is 2.54. The smallest absolute Gasteiger partial charge is 0.489 e. The van der Waals surface area contributed by atoms with E-state index < -0.39 is 12.1 Å². The van der Waals surface area contributed by atoms with Gasteiger partial charge >= 0.3 is 12.1 Å². The van der Waals surface area contributed by atoms with Crippen LogP contribution in [0.3, 0.4) is 0 Å². The molecule has 1 aliphatic heterocycles. The molecule has 1 aromatic carbocycles. The van der Waals surface area contributed by atoms with E-state index in [1.54, 1.807) is 12.1 Å². The lowest BCUT2D eigenvalue weighted by molar-refractivity contribution is -0.192. The van der Waals surface area contributed by atoms with Gasteiger partial charge in [-0.2, -0.15) is 13.2 Å². The Labute approximate surface area is 153 Å². The number of alkyl halides is 3. The molecule has 0 atom stereocenters. The lowest BCUT2D eigenvalue weighted by atomic mass is 9.87. The van der Waals surface area contributed by atoms with E-state index >= 15 is 0 Å². The monoisotopic (exact) mass is 392 g/mol. The molecular formula is C17H20F4N2O4. The summed E-state index contributed by atoms with van der Waals surface area (Å²) in [5.41, 5.74) is 7.09. The highest BCUT2D eigenvalue weighted by Crippen LogP contribution is 2.26. The normalized spacial score (nSPS) is 15.8. The third kappa shape index (κ3) is 6.89. The number of carboxylic acid groups (broad SMARTS) is 1. The average molecular weight is 392 g/mol. The zero-order valence-corrected chi connectivity index (χ0v) is 14.7.